The molecule has 0 fully saturated rings. The summed E-state index contributed by atoms with van der Waals surface area (Å²) in [6.45, 7) is 7.59. The molecule has 0 saturated heterocycles. The van der Waals surface area contributed by atoms with Crippen molar-refractivity contribution in [2.45, 2.75) is 58.8 Å². The van der Waals surface area contributed by atoms with Gasteiger partial charge in [0.15, 0.2) is 0 Å². The van der Waals surface area contributed by atoms with Crippen LogP contribution in [0.2, 0.25) is 0 Å². The summed E-state index contributed by atoms with van der Waals surface area (Å²) >= 11 is 0. The fraction of sp³-hybridized carbons (Fsp3) is 0.480. The Labute approximate surface area is 186 Å². The van der Waals surface area contributed by atoms with Crippen molar-refractivity contribution in [3.63, 3.8) is 0 Å². The van der Waals surface area contributed by atoms with Crippen LogP contribution in [0.25, 0.3) is 0 Å². The second kappa shape index (κ2) is 13.0. The van der Waals surface area contributed by atoms with E-state index in [9.17, 15) is 4.79 Å². The summed E-state index contributed by atoms with van der Waals surface area (Å²) in [4.78, 5) is 18.3. The van der Waals surface area contributed by atoms with Gasteiger partial charge in [-0.3, -0.25) is 4.84 Å². The summed E-state index contributed by atoms with van der Waals surface area (Å²) in [6.07, 6.45) is 2.19. The molecule has 2 aromatic carbocycles. The number of hydrogen-bond donors (Lipinski definition) is 0. The number of rotatable bonds is 12. The van der Waals surface area contributed by atoms with Crippen LogP contribution in [-0.2, 0) is 27.5 Å². The molecule has 31 heavy (non-hydrogen) atoms. The molecular weight excluding hydrogens is 394 g/mol. The number of ether oxygens (including phenoxy) is 3. The molecule has 0 heterocycles. The SMILES string of the molecule is COc1ccc(COCCCCCN(OCc2ccccc2)C(=O)OC(C)(C)C)cc1. The van der Waals surface area contributed by atoms with Gasteiger partial charge in [0.2, 0.25) is 0 Å². The van der Waals surface area contributed by atoms with E-state index in [1.807, 2.05) is 75.4 Å². The molecule has 0 aliphatic carbocycles. The first-order valence-corrected chi connectivity index (χ1v) is 10.8. The molecular formula is C25H35NO5. The van der Waals surface area contributed by atoms with Crippen molar-refractivity contribution >= 4 is 6.09 Å². The van der Waals surface area contributed by atoms with E-state index in [-0.39, 0.29) is 0 Å². The standard InChI is InChI=1S/C25H35NO5/c1-25(2,3)31-24(27)26(30-20-21-11-7-5-8-12-21)17-9-6-10-18-29-19-22-13-15-23(28-4)16-14-22/h5,7-8,11-16H,6,9-10,17-20H2,1-4H3. The number of methoxy groups -OCH3 is 1. The van der Waals surface area contributed by atoms with E-state index in [4.69, 9.17) is 19.0 Å². The predicted octanol–water partition coefficient (Wildman–Crippen LogP) is 5.75. The molecule has 0 unspecified atom stereocenters. The van der Waals surface area contributed by atoms with Gasteiger partial charge in [-0.15, -0.1) is 0 Å². The average Bonchev–Trinajstić information content (AvgIpc) is 2.75. The molecule has 170 valence electrons. The highest BCUT2D eigenvalue weighted by atomic mass is 16.7. The zero-order valence-corrected chi connectivity index (χ0v) is 19.1. The fourth-order valence-electron chi connectivity index (χ4n) is 2.80. The largest absolute Gasteiger partial charge is 0.497 e. The molecule has 0 saturated carbocycles. The van der Waals surface area contributed by atoms with E-state index in [2.05, 4.69) is 0 Å². The van der Waals surface area contributed by atoms with E-state index in [1.165, 1.54) is 5.06 Å². The van der Waals surface area contributed by atoms with Crippen molar-refractivity contribution in [1.29, 1.82) is 0 Å². The lowest BCUT2D eigenvalue weighted by atomic mass is 10.2. The van der Waals surface area contributed by atoms with Gasteiger partial charge < -0.3 is 14.2 Å². The van der Waals surface area contributed by atoms with Crippen LogP contribution in [0.3, 0.4) is 0 Å². The Morgan fingerprint density at radius 3 is 2.19 bits per heavy atom. The maximum Gasteiger partial charge on any atom is 0.434 e. The highest BCUT2D eigenvalue weighted by molar-refractivity contribution is 5.66. The van der Waals surface area contributed by atoms with E-state index in [0.717, 1.165) is 36.1 Å². The topological polar surface area (TPSA) is 57.2 Å². The molecule has 0 N–H and O–H groups in total. The first-order valence-electron chi connectivity index (χ1n) is 10.8. The minimum absolute atomic E-state index is 0.324. The lowest BCUT2D eigenvalue weighted by Crippen LogP contribution is -2.37. The number of benzene rings is 2. The summed E-state index contributed by atoms with van der Waals surface area (Å²) in [7, 11) is 1.65. The Morgan fingerprint density at radius 1 is 0.871 bits per heavy atom. The number of hydroxylamine groups is 2. The molecule has 2 rings (SSSR count). The molecule has 0 radical (unpaired) electrons. The predicted molar refractivity (Wildman–Crippen MR) is 121 cm³/mol. The number of hydrogen-bond acceptors (Lipinski definition) is 5. The minimum Gasteiger partial charge on any atom is -0.497 e. The summed E-state index contributed by atoms with van der Waals surface area (Å²) in [6, 6.07) is 17.6. The third-order valence-corrected chi connectivity index (χ3v) is 4.40. The zero-order chi connectivity index (χ0) is 22.5. The van der Waals surface area contributed by atoms with Crippen molar-refractivity contribution in [1.82, 2.24) is 5.06 Å². The number of amides is 1. The van der Waals surface area contributed by atoms with Crippen LogP contribution in [0.1, 0.15) is 51.2 Å². The van der Waals surface area contributed by atoms with Gasteiger partial charge in [0, 0.05) is 6.61 Å². The van der Waals surface area contributed by atoms with Crippen LogP contribution in [0, 0.1) is 0 Å². The monoisotopic (exact) mass is 429 g/mol. The smallest absolute Gasteiger partial charge is 0.434 e. The van der Waals surface area contributed by atoms with Gasteiger partial charge in [0.1, 0.15) is 18.0 Å². The molecule has 0 aromatic heterocycles. The van der Waals surface area contributed by atoms with E-state index in [1.54, 1.807) is 7.11 Å². The Morgan fingerprint density at radius 2 is 1.55 bits per heavy atom. The number of carbonyl (C=O) groups is 1. The molecule has 1 amide bonds. The van der Waals surface area contributed by atoms with Crippen molar-refractivity contribution in [3.8, 4) is 5.75 Å². The Bertz CT molecular complexity index is 756. The highest BCUT2D eigenvalue weighted by Crippen LogP contribution is 2.14. The van der Waals surface area contributed by atoms with Crippen molar-refractivity contribution < 1.29 is 23.8 Å². The number of nitrogens with zero attached hydrogens (tertiary/aromatic N) is 1. The van der Waals surface area contributed by atoms with Crippen LogP contribution in [0.4, 0.5) is 4.79 Å². The Kier molecular flexibility index (Phi) is 10.3. The molecule has 0 bridgehead atoms. The van der Waals surface area contributed by atoms with E-state index < -0.39 is 11.7 Å². The summed E-state index contributed by atoms with van der Waals surface area (Å²) < 4.78 is 16.4. The molecule has 2 aromatic rings. The molecule has 0 spiro atoms. The quantitative estimate of drug-likeness (QED) is 0.318. The Hall–Kier alpha value is -2.57. The number of unbranched alkanes of at least 4 members (excludes halogenated alkanes) is 2. The maximum absolute atomic E-state index is 12.5. The lowest BCUT2D eigenvalue weighted by molar-refractivity contribution is -0.156. The summed E-state index contributed by atoms with van der Waals surface area (Å²) in [5.74, 6) is 0.841. The first-order chi connectivity index (χ1) is 14.9. The maximum atomic E-state index is 12.5. The first kappa shape index (κ1) is 24.7. The normalized spacial score (nSPS) is 11.2. The van der Waals surface area contributed by atoms with Crippen LogP contribution in [0.15, 0.2) is 54.6 Å². The fourth-order valence-corrected chi connectivity index (χ4v) is 2.80. The third kappa shape index (κ3) is 10.3. The van der Waals surface area contributed by atoms with Crippen LogP contribution in [-0.4, -0.2) is 37.0 Å². The molecule has 6 heteroatoms. The molecule has 0 atom stereocenters. The molecule has 0 aliphatic rings. The molecule has 0 aliphatic heterocycles. The second-order valence-corrected chi connectivity index (χ2v) is 8.30. The highest BCUT2D eigenvalue weighted by Gasteiger charge is 2.22. The van der Waals surface area contributed by atoms with Gasteiger partial charge >= 0.3 is 6.09 Å². The van der Waals surface area contributed by atoms with Gasteiger partial charge in [0.05, 0.1) is 20.3 Å². The van der Waals surface area contributed by atoms with Crippen molar-refractivity contribution in [2.24, 2.45) is 0 Å². The number of carbonyl (C=O) groups excluding carboxylic acids is 1. The van der Waals surface area contributed by atoms with Crippen LogP contribution >= 0.6 is 0 Å². The van der Waals surface area contributed by atoms with Crippen LogP contribution < -0.4 is 4.74 Å². The minimum atomic E-state index is -0.569. The lowest BCUT2D eigenvalue weighted by Gasteiger charge is -2.26. The summed E-state index contributed by atoms with van der Waals surface area (Å²) in [5, 5.41) is 1.33. The molecule has 6 nitrogen and oxygen atoms in total. The van der Waals surface area contributed by atoms with Gasteiger partial charge in [-0.2, -0.15) is 5.06 Å². The zero-order valence-electron chi connectivity index (χ0n) is 19.1. The average molecular weight is 430 g/mol. The van der Waals surface area contributed by atoms with E-state index in [0.29, 0.717) is 26.4 Å². The van der Waals surface area contributed by atoms with Crippen molar-refractivity contribution in [3.05, 3.63) is 65.7 Å². The summed E-state index contributed by atoms with van der Waals surface area (Å²) in [5.41, 5.74) is 1.55. The van der Waals surface area contributed by atoms with E-state index >= 15 is 0 Å². The van der Waals surface area contributed by atoms with Gasteiger partial charge in [-0.1, -0.05) is 42.5 Å². The third-order valence-electron chi connectivity index (χ3n) is 4.40. The van der Waals surface area contributed by atoms with Gasteiger partial charge in [-0.05, 0) is 63.3 Å². The Balaban J connectivity index is 1.69. The van der Waals surface area contributed by atoms with Gasteiger partial charge in [-0.25, -0.2) is 4.79 Å². The van der Waals surface area contributed by atoms with Crippen molar-refractivity contribution in [2.75, 3.05) is 20.3 Å². The second-order valence-electron chi connectivity index (χ2n) is 8.30. The van der Waals surface area contributed by atoms with Crippen LogP contribution in [0.5, 0.6) is 5.75 Å². The van der Waals surface area contributed by atoms with Gasteiger partial charge in [0.25, 0.3) is 0 Å².